The number of benzene rings is 1. The molecular formula is C29H38. The summed E-state index contributed by atoms with van der Waals surface area (Å²) in [6, 6.07) is 6.80. The Kier molecular flexibility index (Phi) is 6.83. The van der Waals surface area contributed by atoms with Gasteiger partial charge in [0.25, 0.3) is 0 Å². The molecule has 0 bridgehead atoms. The third kappa shape index (κ3) is 4.58. The van der Waals surface area contributed by atoms with Crippen LogP contribution in [0.3, 0.4) is 0 Å². The molecule has 0 heteroatoms. The number of hydrogen-bond donors (Lipinski definition) is 0. The fraction of sp³-hybridized carbons (Fsp3) is 0.448. The molecule has 2 aliphatic rings. The molecule has 0 amide bonds. The molecule has 29 heavy (non-hydrogen) atoms. The number of fused-ring (bicyclic) bond motifs is 1. The van der Waals surface area contributed by atoms with Gasteiger partial charge in [0.05, 0.1) is 0 Å². The maximum atomic E-state index is 4.48. The Hall–Kier alpha value is -2.08. The molecule has 0 aliphatic heterocycles. The lowest BCUT2D eigenvalue weighted by Gasteiger charge is -2.14. The van der Waals surface area contributed by atoms with Crippen LogP contribution in [0.5, 0.6) is 0 Å². The molecule has 0 atom stereocenters. The van der Waals surface area contributed by atoms with Crippen LogP contribution in [0.1, 0.15) is 82.9 Å². The van der Waals surface area contributed by atoms with Crippen LogP contribution in [0.2, 0.25) is 0 Å². The number of hydrogen-bond acceptors (Lipinski definition) is 0. The minimum Gasteiger partial charge on any atom is -0.0952 e. The van der Waals surface area contributed by atoms with Crippen LogP contribution in [0, 0.1) is 12.8 Å². The Morgan fingerprint density at radius 1 is 1.10 bits per heavy atom. The maximum absolute atomic E-state index is 4.48. The van der Waals surface area contributed by atoms with Gasteiger partial charge in [-0.1, -0.05) is 81.7 Å². The zero-order chi connectivity index (χ0) is 21.1. The molecule has 0 fully saturated rings. The summed E-state index contributed by atoms with van der Waals surface area (Å²) in [5, 5.41) is 0. The molecule has 2 aliphatic carbocycles. The molecule has 0 saturated carbocycles. The first kappa shape index (κ1) is 21.6. The molecular weight excluding hydrogens is 348 g/mol. The van der Waals surface area contributed by atoms with E-state index in [9.17, 15) is 0 Å². The minimum absolute atomic E-state index is 0.871. The van der Waals surface area contributed by atoms with E-state index in [0.29, 0.717) is 0 Å². The van der Waals surface area contributed by atoms with E-state index >= 15 is 0 Å². The summed E-state index contributed by atoms with van der Waals surface area (Å²) in [4.78, 5) is 0. The van der Waals surface area contributed by atoms with E-state index in [1.54, 1.807) is 0 Å². The van der Waals surface area contributed by atoms with Crippen LogP contribution in [0.4, 0.5) is 0 Å². The van der Waals surface area contributed by atoms with E-state index in [1.807, 2.05) is 0 Å². The highest BCUT2D eigenvalue weighted by atomic mass is 14.3. The summed E-state index contributed by atoms with van der Waals surface area (Å²) in [6.45, 7) is 20.2. The highest BCUT2D eigenvalue weighted by Gasteiger charge is 2.24. The van der Waals surface area contributed by atoms with Gasteiger partial charge >= 0.3 is 0 Å². The Balaban J connectivity index is 1.79. The summed E-state index contributed by atoms with van der Waals surface area (Å²) in [5.74, 6) is 0.871. The normalized spacial score (nSPS) is 17.9. The second kappa shape index (κ2) is 9.16. The van der Waals surface area contributed by atoms with Crippen molar-refractivity contribution in [1.82, 2.24) is 0 Å². The van der Waals surface area contributed by atoms with Crippen molar-refractivity contribution in [2.45, 2.75) is 79.6 Å². The van der Waals surface area contributed by atoms with Crippen LogP contribution >= 0.6 is 0 Å². The van der Waals surface area contributed by atoms with Crippen LogP contribution in [0.15, 0.2) is 70.9 Å². The van der Waals surface area contributed by atoms with E-state index in [4.69, 9.17) is 0 Å². The first-order valence-corrected chi connectivity index (χ1v) is 11.4. The standard InChI is InChI=1S/C29H38/c1-8-24(9-2)12-10-11-20(4)29-22(6)17-26(23(29)7)18-27-21(5)16-25-14-13-19(3)15-28(25)27/h13-15,18,24H,4-5,8-12,16-17H2,1-3,6-7H3/b27-18+. The van der Waals surface area contributed by atoms with Gasteiger partial charge in [0.2, 0.25) is 0 Å². The fourth-order valence-electron chi connectivity index (χ4n) is 5.10. The van der Waals surface area contributed by atoms with Gasteiger partial charge in [-0.15, -0.1) is 0 Å². The van der Waals surface area contributed by atoms with Crippen molar-refractivity contribution in [2.24, 2.45) is 5.92 Å². The van der Waals surface area contributed by atoms with Gasteiger partial charge in [-0.05, 0) is 96.9 Å². The lowest BCUT2D eigenvalue weighted by molar-refractivity contribution is 0.441. The second-order valence-corrected chi connectivity index (χ2v) is 9.16. The van der Waals surface area contributed by atoms with Crippen molar-refractivity contribution in [2.75, 3.05) is 0 Å². The van der Waals surface area contributed by atoms with Gasteiger partial charge in [-0.3, -0.25) is 0 Å². The Labute approximate surface area is 178 Å². The number of rotatable bonds is 8. The van der Waals surface area contributed by atoms with Crippen LogP contribution < -0.4 is 0 Å². The Morgan fingerprint density at radius 2 is 1.83 bits per heavy atom. The summed E-state index contributed by atoms with van der Waals surface area (Å²) < 4.78 is 0. The molecule has 0 unspecified atom stereocenters. The van der Waals surface area contributed by atoms with E-state index < -0.39 is 0 Å². The molecule has 1 aromatic rings. The van der Waals surface area contributed by atoms with Crippen molar-refractivity contribution in [1.29, 1.82) is 0 Å². The third-order valence-electron chi connectivity index (χ3n) is 7.00. The van der Waals surface area contributed by atoms with E-state index in [0.717, 1.165) is 25.2 Å². The van der Waals surface area contributed by atoms with Gasteiger partial charge in [0, 0.05) is 0 Å². The molecule has 0 heterocycles. The maximum Gasteiger partial charge on any atom is -0.00193 e. The molecule has 0 spiro atoms. The fourth-order valence-corrected chi connectivity index (χ4v) is 5.10. The van der Waals surface area contributed by atoms with Gasteiger partial charge in [0.15, 0.2) is 0 Å². The molecule has 0 N–H and O–H groups in total. The molecule has 0 radical (unpaired) electrons. The largest absolute Gasteiger partial charge is 0.0952 e. The van der Waals surface area contributed by atoms with Crippen molar-refractivity contribution >= 4 is 5.57 Å². The first-order chi connectivity index (χ1) is 13.8. The van der Waals surface area contributed by atoms with Crippen LogP contribution in [-0.4, -0.2) is 0 Å². The monoisotopic (exact) mass is 386 g/mol. The van der Waals surface area contributed by atoms with Crippen molar-refractivity contribution in [3.8, 4) is 0 Å². The van der Waals surface area contributed by atoms with Gasteiger partial charge in [-0.25, -0.2) is 0 Å². The molecule has 0 aromatic heterocycles. The molecule has 154 valence electrons. The lowest BCUT2D eigenvalue weighted by Crippen LogP contribution is -1.98. The first-order valence-electron chi connectivity index (χ1n) is 11.4. The third-order valence-corrected chi connectivity index (χ3v) is 7.00. The molecule has 3 rings (SSSR count). The smallest absolute Gasteiger partial charge is 0.00193 e. The number of aryl methyl sites for hydroxylation is 1. The summed E-state index contributed by atoms with van der Waals surface area (Å²) in [6.07, 6.45) is 10.7. The van der Waals surface area contributed by atoms with Gasteiger partial charge in [-0.2, -0.15) is 0 Å². The van der Waals surface area contributed by atoms with Crippen molar-refractivity contribution in [3.05, 3.63) is 87.6 Å². The highest BCUT2D eigenvalue weighted by molar-refractivity contribution is 5.87. The quantitative estimate of drug-likeness (QED) is 0.419. The average molecular weight is 387 g/mol. The lowest BCUT2D eigenvalue weighted by atomic mass is 9.91. The van der Waals surface area contributed by atoms with Crippen molar-refractivity contribution < 1.29 is 0 Å². The summed E-state index contributed by atoms with van der Waals surface area (Å²) in [7, 11) is 0. The van der Waals surface area contributed by atoms with Gasteiger partial charge in [0.1, 0.15) is 0 Å². The topological polar surface area (TPSA) is 0 Å². The zero-order valence-electron chi connectivity index (χ0n) is 19.3. The summed E-state index contributed by atoms with van der Waals surface area (Å²) >= 11 is 0. The Morgan fingerprint density at radius 3 is 2.52 bits per heavy atom. The van der Waals surface area contributed by atoms with Crippen molar-refractivity contribution in [3.63, 3.8) is 0 Å². The van der Waals surface area contributed by atoms with E-state index in [-0.39, 0.29) is 0 Å². The van der Waals surface area contributed by atoms with E-state index in [1.165, 1.54) is 81.4 Å². The predicted molar refractivity (Wildman–Crippen MR) is 129 cm³/mol. The van der Waals surface area contributed by atoms with Crippen LogP contribution in [-0.2, 0) is 6.42 Å². The molecule has 0 nitrogen and oxygen atoms in total. The predicted octanol–water partition coefficient (Wildman–Crippen LogP) is 8.69. The molecule has 0 saturated heterocycles. The van der Waals surface area contributed by atoms with Gasteiger partial charge < -0.3 is 0 Å². The van der Waals surface area contributed by atoms with E-state index in [2.05, 4.69) is 72.1 Å². The zero-order valence-corrected chi connectivity index (χ0v) is 19.3. The SMILES string of the molecule is C=C(CCCC(CC)CC)C1=C(C)CC(/C=C2\C(=C)Cc3ccc(C)cc32)=C1C. The average Bonchev–Trinajstić information content (AvgIpc) is 3.14. The number of allylic oxidation sites excluding steroid dienone is 8. The summed E-state index contributed by atoms with van der Waals surface area (Å²) in [5.41, 5.74) is 13.8. The minimum atomic E-state index is 0.871. The molecule has 1 aromatic carbocycles. The second-order valence-electron chi connectivity index (χ2n) is 9.16. The highest BCUT2D eigenvalue weighted by Crippen LogP contribution is 2.42. The van der Waals surface area contributed by atoms with Crippen LogP contribution in [0.25, 0.3) is 5.57 Å². The Bertz CT molecular complexity index is 909.